The third-order valence-electron chi connectivity index (χ3n) is 2.94. The summed E-state index contributed by atoms with van der Waals surface area (Å²) in [6.45, 7) is -0.219. The SMILES string of the molecule is Nc1ncnc2c1ncn2[C@@H]1O[C@H](CO)C=C[C@@H]1F. The van der Waals surface area contributed by atoms with E-state index >= 15 is 0 Å². The van der Waals surface area contributed by atoms with Crippen LogP contribution in [-0.2, 0) is 4.74 Å². The molecule has 0 aromatic carbocycles. The maximum atomic E-state index is 13.9. The average Bonchev–Trinajstić information content (AvgIpc) is 2.85. The molecule has 0 unspecified atom stereocenters. The van der Waals surface area contributed by atoms with E-state index in [1.807, 2.05) is 0 Å². The molecule has 3 heterocycles. The number of nitrogens with two attached hydrogens (primary N) is 1. The predicted octanol–water partition coefficient (Wildman–Crippen LogP) is 0.192. The van der Waals surface area contributed by atoms with Gasteiger partial charge in [0.25, 0.3) is 0 Å². The Morgan fingerprint density at radius 1 is 1.37 bits per heavy atom. The molecule has 3 rings (SSSR count). The Morgan fingerprint density at radius 3 is 3.00 bits per heavy atom. The molecule has 0 fully saturated rings. The first-order valence-electron chi connectivity index (χ1n) is 5.72. The lowest BCUT2D eigenvalue weighted by Crippen LogP contribution is -2.32. The third-order valence-corrected chi connectivity index (χ3v) is 2.94. The second kappa shape index (κ2) is 4.56. The molecule has 0 radical (unpaired) electrons. The van der Waals surface area contributed by atoms with E-state index in [-0.39, 0.29) is 12.4 Å². The number of aromatic nitrogens is 4. The Morgan fingerprint density at radius 2 is 2.21 bits per heavy atom. The molecule has 100 valence electrons. The Kier molecular flexibility index (Phi) is 2.88. The molecular weight excluding hydrogens is 253 g/mol. The van der Waals surface area contributed by atoms with Gasteiger partial charge in [-0.05, 0) is 6.08 Å². The highest BCUT2D eigenvalue weighted by Gasteiger charge is 2.30. The van der Waals surface area contributed by atoms with Gasteiger partial charge in [0.15, 0.2) is 23.9 Å². The number of ether oxygens (including phenoxy) is 1. The lowest BCUT2D eigenvalue weighted by Gasteiger charge is -2.28. The van der Waals surface area contributed by atoms with E-state index < -0.39 is 18.5 Å². The van der Waals surface area contributed by atoms with Crippen LogP contribution in [0.4, 0.5) is 10.2 Å². The third kappa shape index (κ3) is 1.94. The summed E-state index contributed by atoms with van der Waals surface area (Å²) in [5.41, 5.74) is 6.46. The van der Waals surface area contributed by atoms with Crippen molar-refractivity contribution in [1.82, 2.24) is 19.5 Å². The molecule has 3 atom stereocenters. The summed E-state index contributed by atoms with van der Waals surface area (Å²) in [6.07, 6.45) is 2.70. The molecule has 0 spiro atoms. The number of fused-ring (bicyclic) bond motifs is 1. The van der Waals surface area contributed by atoms with Crippen LogP contribution in [-0.4, -0.2) is 43.5 Å². The number of hydrogen-bond donors (Lipinski definition) is 2. The molecular formula is C11H12FN5O2. The van der Waals surface area contributed by atoms with Crippen LogP contribution < -0.4 is 5.73 Å². The van der Waals surface area contributed by atoms with Gasteiger partial charge in [0, 0.05) is 0 Å². The molecule has 2 aromatic heterocycles. The highest BCUT2D eigenvalue weighted by molar-refractivity contribution is 5.81. The van der Waals surface area contributed by atoms with Gasteiger partial charge in [-0.15, -0.1) is 0 Å². The number of anilines is 1. The number of alkyl halides is 1. The Labute approximate surface area is 107 Å². The first kappa shape index (κ1) is 12.0. The molecule has 19 heavy (non-hydrogen) atoms. The fourth-order valence-electron chi connectivity index (χ4n) is 2.00. The number of nitrogens with zero attached hydrogens (tertiary/aromatic N) is 4. The zero-order valence-electron chi connectivity index (χ0n) is 9.85. The Balaban J connectivity index is 2.04. The molecule has 0 amide bonds. The van der Waals surface area contributed by atoms with Gasteiger partial charge in [0.05, 0.1) is 12.9 Å². The minimum Gasteiger partial charge on any atom is -0.393 e. The fraction of sp³-hybridized carbons (Fsp3) is 0.364. The second-order valence-corrected chi connectivity index (χ2v) is 4.16. The fourth-order valence-corrected chi connectivity index (χ4v) is 2.00. The number of imidazole rings is 1. The maximum Gasteiger partial charge on any atom is 0.172 e. The Hall–Kier alpha value is -2.06. The van der Waals surface area contributed by atoms with Crippen LogP contribution in [0.5, 0.6) is 0 Å². The summed E-state index contributed by atoms with van der Waals surface area (Å²) in [5.74, 6) is 0.226. The second-order valence-electron chi connectivity index (χ2n) is 4.16. The molecule has 0 saturated carbocycles. The number of rotatable bonds is 2. The average molecular weight is 265 g/mol. The van der Waals surface area contributed by atoms with Crippen LogP contribution in [0, 0.1) is 0 Å². The van der Waals surface area contributed by atoms with E-state index in [9.17, 15) is 4.39 Å². The van der Waals surface area contributed by atoms with Gasteiger partial charge in [-0.2, -0.15) is 0 Å². The van der Waals surface area contributed by atoms with E-state index in [0.29, 0.717) is 11.2 Å². The van der Waals surface area contributed by atoms with E-state index in [4.69, 9.17) is 15.6 Å². The van der Waals surface area contributed by atoms with Crippen LogP contribution in [0.3, 0.4) is 0 Å². The normalized spacial score (nSPS) is 26.9. The van der Waals surface area contributed by atoms with E-state index in [1.165, 1.54) is 29.4 Å². The summed E-state index contributed by atoms with van der Waals surface area (Å²) >= 11 is 0. The van der Waals surface area contributed by atoms with Crippen molar-refractivity contribution in [3.8, 4) is 0 Å². The number of halogens is 1. The smallest absolute Gasteiger partial charge is 0.172 e. The molecule has 2 aromatic rings. The van der Waals surface area contributed by atoms with Crippen LogP contribution >= 0.6 is 0 Å². The largest absolute Gasteiger partial charge is 0.393 e. The highest BCUT2D eigenvalue weighted by Crippen LogP contribution is 2.28. The van der Waals surface area contributed by atoms with Crippen LogP contribution in [0.2, 0.25) is 0 Å². The highest BCUT2D eigenvalue weighted by atomic mass is 19.1. The van der Waals surface area contributed by atoms with Crippen molar-refractivity contribution in [2.45, 2.75) is 18.5 Å². The lowest BCUT2D eigenvalue weighted by molar-refractivity contribution is -0.0884. The van der Waals surface area contributed by atoms with E-state index in [2.05, 4.69) is 15.0 Å². The van der Waals surface area contributed by atoms with Crippen molar-refractivity contribution in [2.75, 3.05) is 12.3 Å². The standard InChI is InChI=1S/C11H12FN5O2/c12-7-2-1-6(3-18)19-11(7)17-5-16-8-9(13)14-4-15-10(8)17/h1-2,4-7,11,18H,3H2,(H2,13,14,15)/t6-,7-,11+/m0/s1. The van der Waals surface area contributed by atoms with Gasteiger partial charge in [-0.1, -0.05) is 6.08 Å². The first-order chi connectivity index (χ1) is 9.20. The van der Waals surface area contributed by atoms with Crippen LogP contribution in [0.25, 0.3) is 11.2 Å². The van der Waals surface area contributed by atoms with Crippen molar-refractivity contribution < 1.29 is 14.2 Å². The molecule has 3 N–H and O–H groups in total. The van der Waals surface area contributed by atoms with Crippen molar-refractivity contribution >= 4 is 17.0 Å². The van der Waals surface area contributed by atoms with Gasteiger partial charge < -0.3 is 15.6 Å². The first-order valence-corrected chi connectivity index (χ1v) is 5.72. The molecule has 8 heteroatoms. The molecule has 0 bridgehead atoms. The molecule has 1 aliphatic heterocycles. The van der Waals surface area contributed by atoms with Gasteiger partial charge in [-0.3, -0.25) is 4.57 Å². The van der Waals surface area contributed by atoms with Crippen LogP contribution in [0.15, 0.2) is 24.8 Å². The topological polar surface area (TPSA) is 99.1 Å². The summed E-state index contributed by atoms with van der Waals surface area (Å²) in [7, 11) is 0. The zero-order chi connectivity index (χ0) is 13.4. The van der Waals surface area contributed by atoms with Gasteiger partial charge >= 0.3 is 0 Å². The van der Waals surface area contributed by atoms with Crippen molar-refractivity contribution in [1.29, 1.82) is 0 Å². The summed E-state index contributed by atoms with van der Waals surface area (Å²) < 4.78 is 20.8. The summed E-state index contributed by atoms with van der Waals surface area (Å²) in [6, 6.07) is 0. The zero-order valence-corrected chi connectivity index (χ0v) is 9.85. The minimum atomic E-state index is -1.35. The summed E-state index contributed by atoms with van der Waals surface area (Å²) in [4.78, 5) is 11.9. The number of aliphatic hydroxyl groups excluding tert-OH is 1. The maximum absolute atomic E-state index is 13.9. The van der Waals surface area contributed by atoms with Crippen molar-refractivity contribution in [3.63, 3.8) is 0 Å². The molecule has 1 aliphatic rings. The lowest BCUT2D eigenvalue weighted by atomic mass is 10.2. The number of aliphatic hydroxyl groups is 1. The van der Waals surface area contributed by atoms with Crippen molar-refractivity contribution in [2.24, 2.45) is 0 Å². The van der Waals surface area contributed by atoms with Crippen LogP contribution in [0.1, 0.15) is 6.23 Å². The monoisotopic (exact) mass is 265 g/mol. The summed E-state index contributed by atoms with van der Waals surface area (Å²) in [5, 5.41) is 9.08. The van der Waals surface area contributed by atoms with Gasteiger partial charge in [-0.25, -0.2) is 19.3 Å². The Bertz CT molecular complexity index is 629. The molecule has 0 saturated heterocycles. The molecule has 7 nitrogen and oxygen atoms in total. The van der Waals surface area contributed by atoms with E-state index in [0.717, 1.165) is 0 Å². The van der Waals surface area contributed by atoms with Crippen molar-refractivity contribution in [3.05, 3.63) is 24.8 Å². The number of hydrogen-bond acceptors (Lipinski definition) is 6. The quantitative estimate of drug-likeness (QED) is 0.752. The van der Waals surface area contributed by atoms with Gasteiger partial charge in [0.1, 0.15) is 17.9 Å². The minimum absolute atomic E-state index is 0.219. The molecule has 0 aliphatic carbocycles. The predicted molar refractivity (Wildman–Crippen MR) is 64.8 cm³/mol. The van der Waals surface area contributed by atoms with E-state index in [1.54, 1.807) is 0 Å². The number of nitrogen functional groups attached to an aromatic ring is 1. The van der Waals surface area contributed by atoms with Gasteiger partial charge in [0.2, 0.25) is 0 Å².